The van der Waals surface area contributed by atoms with Crippen molar-refractivity contribution in [1.82, 2.24) is 4.98 Å². The highest BCUT2D eigenvalue weighted by atomic mass is 16.3. The summed E-state index contributed by atoms with van der Waals surface area (Å²) < 4.78 is 5.33. The normalized spacial score (nSPS) is 10.6. The van der Waals surface area contributed by atoms with Gasteiger partial charge in [-0.2, -0.15) is 0 Å². The summed E-state index contributed by atoms with van der Waals surface area (Å²) in [5.41, 5.74) is 6.02. The smallest absolute Gasteiger partial charge is 0.181 e. The number of oxazole rings is 1. The molecule has 0 aliphatic rings. The summed E-state index contributed by atoms with van der Waals surface area (Å²) in [5.74, 6) is 0.783. The minimum absolute atomic E-state index is 0.783. The Labute approximate surface area is 124 Å². The van der Waals surface area contributed by atoms with Gasteiger partial charge in [0.15, 0.2) is 12.2 Å². The molecule has 3 aromatic rings. The molecule has 0 aliphatic carbocycles. The summed E-state index contributed by atoms with van der Waals surface area (Å²) in [7, 11) is 0. The lowest BCUT2D eigenvalue weighted by Gasteiger charge is -2.10. The van der Waals surface area contributed by atoms with Crippen LogP contribution < -0.4 is 5.32 Å². The Morgan fingerprint density at radius 3 is 2.76 bits per heavy atom. The highest BCUT2D eigenvalue weighted by molar-refractivity contribution is 5.63. The van der Waals surface area contributed by atoms with Crippen molar-refractivity contribution >= 4 is 5.69 Å². The molecule has 0 bridgehead atoms. The Hall–Kier alpha value is -2.55. The average Bonchev–Trinajstić information content (AvgIpc) is 3.01. The molecule has 0 fully saturated rings. The van der Waals surface area contributed by atoms with E-state index in [1.54, 1.807) is 6.20 Å². The number of aromatic nitrogens is 1. The molecule has 0 aliphatic heterocycles. The van der Waals surface area contributed by atoms with Crippen LogP contribution in [0.3, 0.4) is 0 Å². The van der Waals surface area contributed by atoms with E-state index in [0.29, 0.717) is 0 Å². The summed E-state index contributed by atoms with van der Waals surface area (Å²) in [5, 5.41) is 3.46. The Kier molecular flexibility index (Phi) is 3.73. The van der Waals surface area contributed by atoms with E-state index in [1.165, 1.54) is 23.1 Å². The van der Waals surface area contributed by atoms with Crippen LogP contribution in [0.15, 0.2) is 59.5 Å². The molecule has 3 heteroatoms. The summed E-state index contributed by atoms with van der Waals surface area (Å²) in [4.78, 5) is 3.95. The molecule has 1 heterocycles. The minimum Gasteiger partial charge on any atom is -0.444 e. The highest BCUT2D eigenvalue weighted by Crippen LogP contribution is 2.22. The molecule has 3 nitrogen and oxygen atoms in total. The fraction of sp³-hybridized carbons (Fsp3) is 0.167. The molecule has 21 heavy (non-hydrogen) atoms. The number of rotatable bonds is 4. The maximum Gasteiger partial charge on any atom is 0.181 e. The molecule has 0 radical (unpaired) electrons. The lowest BCUT2D eigenvalue weighted by atomic mass is 10.1. The monoisotopic (exact) mass is 278 g/mol. The standard InChI is InChI=1S/C18H18N2O/c1-13-6-7-16(14(2)8-13)10-20-17-5-3-4-15(9-17)18-11-19-12-21-18/h3-9,11-12,20H,10H2,1-2H3. The average molecular weight is 278 g/mol. The largest absolute Gasteiger partial charge is 0.444 e. The zero-order chi connectivity index (χ0) is 14.7. The van der Waals surface area contributed by atoms with E-state index in [-0.39, 0.29) is 0 Å². The topological polar surface area (TPSA) is 38.1 Å². The van der Waals surface area contributed by atoms with Gasteiger partial charge in [0.25, 0.3) is 0 Å². The van der Waals surface area contributed by atoms with Crippen LogP contribution in [0.1, 0.15) is 16.7 Å². The predicted molar refractivity (Wildman–Crippen MR) is 85.2 cm³/mol. The van der Waals surface area contributed by atoms with E-state index in [2.05, 4.69) is 54.5 Å². The first-order valence-corrected chi connectivity index (χ1v) is 7.01. The third-order valence-corrected chi connectivity index (χ3v) is 3.56. The van der Waals surface area contributed by atoms with E-state index in [1.807, 2.05) is 12.1 Å². The van der Waals surface area contributed by atoms with E-state index in [0.717, 1.165) is 23.6 Å². The first kappa shape index (κ1) is 13.4. The maximum absolute atomic E-state index is 5.33. The van der Waals surface area contributed by atoms with Gasteiger partial charge in [-0.3, -0.25) is 0 Å². The van der Waals surface area contributed by atoms with Crippen LogP contribution in [0.4, 0.5) is 5.69 Å². The second kappa shape index (κ2) is 5.83. The van der Waals surface area contributed by atoms with Crippen molar-refractivity contribution in [3.05, 3.63) is 71.7 Å². The molecule has 1 aromatic heterocycles. The molecule has 2 aromatic carbocycles. The third kappa shape index (κ3) is 3.14. The number of nitrogens with zero attached hydrogens (tertiary/aromatic N) is 1. The first-order chi connectivity index (χ1) is 10.2. The van der Waals surface area contributed by atoms with Crippen LogP contribution in [0.25, 0.3) is 11.3 Å². The molecule has 0 saturated heterocycles. The van der Waals surface area contributed by atoms with Gasteiger partial charge in [0.1, 0.15) is 0 Å². The molecule has 0 atom stereocenters. The Morgan fingerprint density at radius 1 is 1.10 bits per heavy atom. The van der Waals surface area contributed by atoms with Crippen molar-refractivity contribution in [1.29, 1.82) is 0 Å². The summed E-state index contributed by atoms with van der Waals surface area (Å²) in [6.45, 7) is 5.08. The van der Waals surface area contributed by atoms with Crippen LogP contribution in [0, 0.1) is 13.8 Å². The molecule has 0 unspecified atom stereocenters. The van der Waals surface area contributed by atoms with Crippen molar-refractivity contribution in [3.8, 4) is 11.3 Å². The predicted octanol–water partition coefficient (Wildman–Crippen LogP) is 4.57. The van der Waals surface area contributed by atoms with Crippen LogP contribution in [-0.4, -0.2) is 4.98 Å². The molecule has 0 spiro atoms. The van der Waals surface area contributed by atoms with Gasteiger partial charge < -0.3 is 9.73 Å². The maximum atomic E-state index is 5.33. The number of anilines is 1. The van der Waals surface area contributed by atoms with Crippen molar-refractivity contribution < 1.29 is 4.42 Å². The van der Waals surface area contributed by atoms with E-state index >= 15 is 0 Å². The Bertz CT molecular complexity index is 733. The number of hydrogen-bond acceptors (Lipinski definition) is 3. The second-order valence-electron chi connectivity index (χ2n) is 5.23. The summed E-state index contributed by atoms with van der Waals surface area (Å²) in [6.07, 6.45) is 3.17. The van der Waals surface area contributed by atoms with Gasteiger partial charge in [0, 0.05) is 17.8 Å². The van der Waals surface area contributed by atoms with Gasteiger partial charge in [0.2, 0.25) is 0 Å². The lowest BCUT2D eigenvalue weighted by molar-refractivity contribution is 0.572. The van der Waals surface area contributed by atoms with Crippen molar-refractivity contribution in [2.45, 2.75) is 20.4 Å². The molecule has 0 saturated carbocycles. The highest BCUT2D eigenvalue weighted by Gasteiger charge is 2.03. The first-order valence-electron chi connectivity index (χ1n) is 7.01. The molecule has 1 N–H and O–H groups in total. The quantitative estimate of drug-likeness (QED) is 0.759. The van der Waals surface area contributed by atoms with Crippen molar-refractivity contribution in [3.63, 3.8) is 0 Å². The Balaban J connectivity index is 1.75. The zero-order valence-electron chi connectivity index (χ0n) is 12.3. The third-order valence-electron chi connectivity index (χ3n) is 3.56. The summed E-state index contributed by atoms with van der Waals surface area (Å²) in [6, 6.07) is 14.7. The zero-order valence-corrected chi connectivity index (χ0v) is 12.3. The number of nitrogens with one attached hydrogen (secondary N) is 1. The fourth-order valence-electron chi connectivity index (χ4n) is 2.38. The van der Waals surface area contributed by atoms with Gasteiger partial charge in [-0.25, -0.2) is 4.98 Å². The lowest BCUT2D eigenvalue weighted by Crippen LogP contribution is -2.01. The molecule has 106 valence electrons. The number of benzene rings is 2. The molecular weight excluding hydrogens is 260 g/mol. The van der Waals surface area contributed by atoms with Gasteiger partial charge in [-0.05, 0) is 37.1 Å². The van der Waals surface area contributed by atoms with Crippen LogP contribution in [-0.2, 0) is 6.54 Å². The second-order valence-corrected chi connectivity index (χ2v) is 5.23. The van der Waals surface area contributed by atoms with E-state index in [9.17, 15) is 0 Å². The number of hydrogen-bond donors (Lipinski definition) is 1. The molecule has 3 rings (SSSR count). The van der Waals surface area contributed by atoms with Gasteiger partial charge in [0.05, 0.1) is 6.20 Å². The van der Waals surface area contributed by atoms with Crippen molar-refractivity contribution in [2.24, 2.45) is 0 Å². The van der Waals surface area contributed by atoms with E-state index in [4.69, 9.17) is 4.42 Å². The molecule has 0 amide bonds. The van der Waals surface area contributed by atoms with Crippen molar-refractivity contribution in [2.75, 3.05) is 5.32 Å². The van der Waals surface area contributed by atoms with Crippen LogP contribution >= 0.6 is 0 Å². The number of aryl methyl sites for hydroxylation is 2. The van der Waals surface area contributed by atoms with Crippen LogP contribution in [0.2, 0.25) is 0 Å². The van der Waals surface area contributed by atoms with E-state index < -0.39 is 0 Å². The SMILES string of the molecule is Cc1ccc(CNc2cccc(-c3cnco3)c2)c(C)c1. The van der Waals surface area contributed by atoms with Crippen LogP contribution in [0.5, 0.6) is 0 Å². The van der Waals surface area contributed by atoms with Gasteiger partial charge in [-0.1, -0.05) is 35.9 Å². The summed E-state index contributed by atoms with van der Waals surface area (Å²) >= 11 is 0. The Morgan fingerprint density at radius 2 is 2.00 bits per heavy atom. The van der Waals surface area contributed by atoms with Gasteiger partial charge in [-0.15, -0.1) is 0 Å². The molecular formula is C18H18N2O. The fourth-order valence-corrected chi connectivity index (χ4v) is 2.38. The van der Waals surface area contributed by atoms with Gasteiger partial charge >= 0.3 is 0 Å². The minimum atomic E-state index is 0.783.